The fourth-order valence-electron chi connectivity index (χ4n) is 3.56. The summed E-state index contributed by atoms with van der Waals surface area (Å²) in [6.07, 6.45) is 1.62. The predicted molar refractivity (Wildman–Crippen MR) is 131 cm³/mol. The molecule has 1 saturated heterocycles. The van der Waals surface area contributed by atoms with Crippen molar-refractivity contribution in [2.24, 2.45) is 0 Å². The van der Waals surface area contributed by atoms with E-state index in [1.165, 1.54) is 11.1 Å². The minimum absolute atomic E-state index is 0.0671. The van der Waals surface area contributed by atoms with Crippen LogP contribution >= 0.6 is 23.5 Å². The number of aryl methyl sites for hydroxylation is 1. The Morgan fingerprint density at radius 2 is 1.97 bits per heavy atom. The van der Waals surface area contributed by atoms with Crippen LogP contribution in [0.1, 0.15) is 38.2 Å². The van der Waals surface area contributed by atoms with Gasteiger partial charge in [0.1, 0.15) is 11.1 Å². The van der Waals surface area contributed by atoms with E-state index in [2.05, 4.69) is 36.5 Å². The third kappa shape index (κ3) is 5.58. The average molecular weight is 467 g/mol. The number of carbonyl (C=O) groups excluding carboxylic acids is 2. The summed E-state index contributed by atoms with van der Waals surface area (Å²) < 4.78 is 5.41. The van der Waals surface area contributed by atoms with Crippen molar-refractivity contribution in [1.29, 1.82) is 0 Å². The summed E-state index contributed by atoms with van der Waals surface area (Å²) in [6, 6.07) is 19.6. The number of hydrogen-bond acceptors (Lipinski definition) is 5. The van der Waals surface area contributed by atoms with E-state index >= 15 is 0 Å². The lowest BCUT2D eigenvalue weighted by molar-refractivity contribution is -0.128. The molecule has 166 valence electrons. The third-order valence-electron chi connectivity index (χ3n) is 5.38. The molecule has 0 spiro atoms. The van der Waals surface area contributed by atoms with Crippen LogP contribution in [0.3, 0.4) is 0 Å². The van der Waals surface area contributed by atoms with E-state index in [1.54, 1.807) is 18.0 Å². The van der Waals surface area contributed by atoms with Gasteiger partial charge in [-0.1, -0.05) is 36.4 Å². The molecule has 0 bridgehead atoms. The molecule has 0 radical (unpaired) electrons. The molecule has 1 aromatic heterocycles. The standard InChI is InChI=1S/C25H26N2O3S2/c1-18-5-2-3-6-21(18)16-31-14-12-26-24(29)19-8-10-20(11-9-19)25-27(23(28)17-32-25)15-22-7-4-13-30-22/h2-11,13,25H,12,14-17H2,1H3,(H,26,29). The molecular formula is C25H26N2O3S2. The Morgan fingerprint density at radius 3 is 2.72 bits per heavy atom. The minimum atomic E-state index is -0.0735. The summed E-state index contributed by atoms with van der Waals surface area (Å²) in [5.41, 5.74) is 4.28. The van der Waals surface area contributed by atoms with Crippen molar-refractivity contribution in [2.75, 3.05) is 18.1 Å². The molecule has 1 fully saturated rings. The molecule has 0 aliphatic carbocycles. The van der Waals surface area contributed by atoms with Gasteiger partial charge in [0.25, 0.3) is 5.91 Å². The summed E-state index contributed by atoms with van der Waals surface area (Å²) >= 11 is 3.41. The molecule has 4 rings (SSSR count). The van der Waals surface area contributed by atoms with Gasteiger partial charge >= 0.3 is 0 Å². The summed E-state index contributed by atoms with van der Waals surface area (Å²) in [6.45, 7) is 3.20. The maximum absolute atomic E-state index is 12.5. The van der Waals surface area contributed by atoms with E-state index in [0.717, 1.165) is 22.8 Å². The van der Waals surface area contributed by atoms with Gasteiger partial charge in [-0.2, -0.15) is 11.8 Å². The lowest BCUT2D eigenvalue weighted by Gasteiger charge is -2.23. The van der Waals surface area contributed by atoms with Crippen LogP contribution in [0.25, 0.3) is 0 Å². The molecule has 1 N–H and O–H groups in total. The average Bonchev–Trinajstić information content (AvgIpc) is 3.45. The first-order valence-corrected chi connectivity index (χ1v) is 12.8. The van der Waals surface area contributed by atoms with Gasteiger partial charge in [-0.15, -0.1) is 11.8 Å². The zero-order valence-corrected chi connectivity index (χ0v) is 19.6. The predicted octanol–water partition coefficient (Wildman–Crippen LogP) is 5.03. The number of amides is 2. The van der Waals surface area contributed by atoms with Gasteiger partial charge in [0.15, 0.2) is 0 Å². The van der Waals surface area contributed by atoms with Gasteiger partial charge in [-0.25, -0.2) is 0 Å². The number of benzene rings is 2. The Bertz CT molecular complexity index is 1050. The van der Waals surface area contributed by atoms with Gasteiger partial charge in [-0.05, 0) is 47.9 Å². The van der Waals surface area contributed by atoms with Crippen LogP contribution in [0.2, 0.25) is 0 Å². The van der Waals surface area contributed by atoms with Crippen molar-refractivity contribution in [3.8, 4) is 0 Å². The lowest BCUT2D eigenvalue weighted by atomic mass is 10.1. The van der Waals surface area contributed by atoms with E-state index in [0.29, 0.717) is 24.4 Å². The summed E-state index contributed by atoms with van der Waals surface area (Å²) in [5.74, 6) is 3.05. The molecule has 2 aromatic carbocycles. The fraction of sp³-hybridized carbons (Fsp3) is 0.280. The fourth-order valence-corrected chi connectivity index (χ4v) is 5.69. The molecule has 2 heterocycles. The second-order valence-corrected chi connectivity index (χ2v) is 9.80. The monoisotopic (exact) mass is 466 g/mol. The Hall–Kier alpha value is -2.64. The largest absolute Gasteiger partial charge is 0.467 e. The topological polar surface area (TPSA) is 62.6 Å². The zero-order chi connectivity index (χ0) is 22.3. The van der Waals surface area contributed by atoms with Crippen molar-refractivity contribution >= 4 is 35.3 Å². The number of rotatable bonds is 9. The number of hydrogen-bond donors (Lipinski definition) is 1. The maximum atomic E-state index is 12.5. The summed E-state index contributed by atoms with van der Waals surface area (Å²) in [4.78, 5) is 26.7. The minimum Gasteiger partial charge on any atom is -0.467 e. The third-order valence-corrected chi connectivity index (χ3v) is 7.65. The van der Waals surface area contributed by atoms with Gasteiger partial charge < -0.3 is 14.6 Å². The van der Waals surface area contributed by atoms with Crippen molar-refractivity contribution in [3.05, 3.63) is 94.9 Å². The highest BCUT2D eigenvalue weighted by atomic mass is 32.2. The maximum Gasteiger partial charge on any atom is 0.251 e. The molecule has 1 unspecified atom stereocenters. The second-order valence-electron chi connectivity index (χ2n) is 7.62. The molecule has 7 heteroatoms. The van der Waals surface area contributed by atoms with Gasteiger partial charge in [0.2, 0.25) is 5.91 Å². The van der Waals surface area contributed by atoms with Gasteiger partial charge in [-0.3, -0.25) is 9.59 Å². The molecule has 2 amide bonds. The van der Waals surface area contributed by atoms with Gasteiger partial charge in [0, 0.05) is 23.6 Å². The lowest BCUT2D eigenvalue weighted by Crippen LogP contribution is -2.28. The van der Waals surface area contributed by atoms with Gasteiger partial charge in [0.05, 0.1) is 18.6 Å². The van der Waals surface area contributed by atoms with Crippen LogP contribution in [0.5, 0.6) is 0 Å². The van der Waals surface area contributed by atoms with Crippen LogP contribution < -0.4 is 5.32 Å². The smallest absolute Gasteiger partial charge is 0.251 e. The second kappa shape index (κ2) is 10.8. The van der Waals surface area contributed by atoms with Crippen molar-refractivity contribution in [3.63, 3.8) is 0 Å². The Morgan fingerprint density at radius 1 is 1.16 bits per heavy atom. The number of nitrogens with one attached hydrogen (secondary N) is 1. The highest BCUT2D eigenvalue weighted by Crippen LogP contribution is 2.39. The van der Waals surface area contributed by atoms with E-state index in [-0.39, 0.29) is 17.2 Å². The van der Waals surface area contributed by atoms with Crippen molar-refractivity contribution < 1.29 is 14.0 Å². The number of furan rings is 1. The van der Waals surface area contributed by atoms with Crippen LogP contribution in [-0.4, -0.2) is 34.8 Å². The molecule has 32 heavy (non-hydrogen) atoms. The Labute approximate surface area is 196 Å². The molecule has 1 atom stereocenters. The molecular weight excluding hydrogens is 440 g/mol. The van der Waals surface area contributed by atoms with E-state index < -0.39 is 0 Å². The highest BCUT2D eigenvalue weighted by Gasteiger charge is 2.33. The Kier molecular flexibility index (Phi) is 7.60. The van der Waals surface area contributed by atoms with Crippen LogP contribution in [0.4, 0.5) is 0 Å². The highest BCUT2D eigenvalue weighted by molar-refractivity contribution is 8.00. The summed E-state index contributed by atoms with van der Waals surface area (Å²) in [7, 11) is 0. The van der Waals surface area contributed by atoms with Crippen molar-refractivity contribution in [2.45, 2.75) is 24.6 Å². The first-order chi connectivity index (χ1) is 15.6. The number of carbonyl (C=O) groups is 2. The first-order valence-electron chi connectivity index (χ1n) is 10.6. The van der Waals surface area contributed by atoms with E-state index in [9.17, 15) is 9.59 Å². The molecule has 1 aliphatic heterocycles. The number of thioether (sulfide) groups is 2. The molecule has 0 saturated carbocycles. The van der Waals surface area contributed by atoms with Crippen LogP contribution in [-0.2, 0) is 17.1 Å². The van der Waals surface area contributed by atoms with E-state index in [4.69, 9.17) is 4.42 Å². The molecule has 5 nitrogen and oxygen atoms in total. The van der Waals surface area contributed by atoms with Crippen LogP contribution in [0.15, 0.2) is 71.3 Å². The summed E-state index contributed by atoms with van der Waals surface area (Å²) in [5, 5.41) is 2.93. The molecule has 1 aliphatic rings. The number of nitrogens with zero attached hydrogens (tertiary/aromatic N) is 1. The Balaban J connectivity index is 1.27. The van der Waals surface area contributed by atoms with Crippen molar-refractivity contribution in [1.82, 2.24) is 10.2 Å². The molecule has 3 aromatic rings. The first kappa shape index (κ1) is 22.6. The quantitative estimate of drug-likeness (QED) is 0.449. The van der Waals surface area contributed by atoms with E-state index in [1.807, 2.05) is 53.1 Å². The normalized spacial score (nSPS) is 15.8. The SMILES string of the molecule is Cc1ccccc1CSCCNC(=O)c1ccc(C2SCC(=O)N2Cc2ccco2)cc1. The zero-order valence-electron chi connectivity index (χ0n) is 18.0. The van der Waals surface area contributed by atoms with Crippen LogP contribution in [0, 0.1) is 6.92 Å².